The van der Waals surface area contributed by atoms with Gasteiger partial charge in [-0.25, -0.2) is 4.39 Å². The minimum atomic E-state index is -1.10. The summed E-state index contributed by atoms with van der Waals surface area (Å²) in [6, 6.07) is 0. The first kappa shape index (κ1) is 12.6. The van der Waals surface area contributed by atoms with E-state index in [1.807, 2.05) is 6.92 Å². The van der Waals surface area contributed by atoms with Crippen molar-refractivity contribution in [1.82, 2.24) is 0 Å². The molecule has 0 atom stereocenters. The Morgan fingerprint density at radius 2 is 1.67 bits per heavy atom. The van der Waals surface area contributed by atoms with Gasteiger partial charge >= 0.3 is 31.1 Å². The topological polar surface area (TPSA) is 0 Å². The van der Waals surface area contributed by atoms with Crippen LogP contribution in [-0.2, 0) is 0 Å². The van der Waals surface area contributed by atoms with E-state index in [1.54, 1.807) is 0 Å². The molecule has 0 saturated carbocycles. The second-order valence-corrected chi connectivity index (χ2v) is 2.00. The van der Waals surface area contributed by atoms with E-state index in [2.05, 4.69) is 13.8 Å². The molecule has 0 nitrogen and oxygen atoms in total. The van der Waals surface area contributed by atoms with Crippen LogP contribution >= 0.6 is 0 Å². The Kier molecular flexibility index (Phi) is 8.07. The maximum absolute atomic E-state index is 12.9. The van der Waals surface area contributed by atoms with Gasteiger partial charge in [0.15, 0.2) is 0 Å². The molecule has 0 unspecified atom stereocenters. The summed E-state index contributed by atoms with van der Waals surface area (Å²) < 4.78 is 12.9. The van der Waals surface area contributed by atoms with E-state index >= 15 is 0 Å². The third-order valence-corrected chi connectivity index (χ3v) is 1.53. The van der Waals surface area contributed by atoms with Gasteiger partial charge in [-0.2, -0.15) is 0 Å². The van der Waals surface area contributed by atoms with Crippen LogP contribution in [-0.4, -0.2) is 5.67 Å². The molecule has 0 saturated heterocycles. The molecular weight excluding hydrogens is 341 g/mol. The fourth-order valence-electron chi connectivity index (χ4n) is 0.479. The van der Waals surface area contributed by atoms with Crippen molar-refractivity contribution in [3.05, 3.63) is 13.8 Å². The van der Waals surface area contributed by atoms with Gasteiger partial charge in [-0.15, -0.1) is 12.8 Å². The second kappa shape index (κ2) is 5.74. The van der Waals surface area contributed by atoms with Crippen molar-refractivity contribution in [2.75, 3.05) is 0 Å². The Hall–Kier alpha value is 0.982. The van der Waals surface area contributed by atoms with Crippen LogP contribution in [0.15, 0.2) is 0 Å². The van der Waals surface area contributed by atoms with Gasteiger partial charge in [-0.3, -0.25) is 0 Å². The molecule has 0 radical (unpaired) electrons. The molecule has 0 bridgehead atoms. The zero-order valence-corrected chi connectivity index (χ0v) is 10.1. The standard InChI is InChI=1S/C7H13F.U/c1-4-7(8,5-2)6-3;/h1-2,4-6H2,3H3;/q-2;+2. The number of hydrogen-bond donors (Lipinski definition) is 0. The average molecular weight is 354 g/mol. The zero-order chi connectivity index (χ0) is 6.62. The third-order valence-electron chi connectivity index (χ3n) is 1.53. The van der Waals surface area contributed by atoms with Crippen LogP contribution in [0.4, 0.5) is 4.39 Å². The molecule has 0 aromatic heterocycles. The predicted molar refractivity (Wildman–Crippen MR) is 34.1 cm³/mol. The molecule has 52 valence electrons. The summed E-state index contributed by atoms with van der Waals surface area (Å²) in [6.45, 7) is 8.78. The Labute approximate surface area is 81.0 Å². The molecule has 0 rings (SSSR count). The third kappa shape index (κ3) is 4.39. The van der Waals surface area contributed by atoms with Crippen LogP contribution in [0.25, 0.3) is 0 Å². The van der Waals surface area contributed by atoms with E-state index in [-0.39, 0.29) is 31.1 Å². The molecule has 0 aliphatic rings. The molecule has 9 heavy (non-hydrogen) atoms. The molecular formula is C7H13FU. The van der Waals surface area contributed by atoms with Crippen molar-refractivity contribution in [1.29, 1.82) is 0 Å². The van der Waals surface area contributed by atoms with Crippen LogP contribution in [0.2, 0.25) is 0 Å². The van der Waals surface area contributed by atoms with E-state index in [9.17, 15) is 4.39 Å². The van der Waals surface area contributed by atoms with Crippen LogP contribution in [0.3, 0.4) is 0 Å². The van der Waals surface area contributed by atoms with Gasteiger partial charge in [-0.05, 0) is 6.42 Å². The maximum atomic E-state index is 12.9. The van der Waals surface area contributed by atoms with Crippen molar-refractivity contribution in [2.45, 2.75) is 31.9 Å². The summed E-state index contributed by atoms with van der Waals surface area (Å²) in [7, 11) is 0. The monoisotopic (exact) mass is 354 g/mol. The Morgan fingerprint density at radius 3 is 1.67 bits per heavy atom. The number of halogens is 1. The van der Waals surface area contributed by atoms with Crippen LogP contribution in [0, 0.1) is 45.0 Å². The van der Waals surface area contributed by atoms with Gasteiger partial charge in [0.2, 0.25) is 0 Å². The van der Waals surface area contributed by atoms with Crippen molar-refractivity contribution in [3.63, 3.8) is 0 Å². The molecule has 0 aliphatic heterocycles. The molecule has 0 heterocycles. The normalized spacial score (nSPS) is 10.7. The van der Waals surface area contributed by atoms with Crippen LogP contribution in [0.5, 0.6) is 0 Å². The summed E-state index contributed by atoms with van der Waals surface area (Å²) in [5.41, 5.74) is -1.10. The zero-order valence-electron chi connectivity index (χ0n) is 5.91. The Bertz CT molecular complexity index is 51.7. The summed E-state index contributed by atoms with van der Waals surface area (Å²) in [6.07, 6.45) is 1.21. The van der Waals surface area contributed by atoms with Gasteiger partial charge in [0.05, 0.1) is 5.67 Å². The predicted octanol–water partition coefficient (Wildman–Crippen LogP) is 2.55. The van der Waals surface area contributed by atoms with Gasteiger partial charge in [0.25, 0.3) is 0 Å². The van der Waals surface area contributed by atoms with Gasteiger partial charge in [0.1, 0.15) is 0 Å². The largest absolute Gasteiger partial charge is 2.00 e. The number of rotatable bonds is 3. The fourth-order valence-corrected chi connectivity index (χ4v) is 0.479. The molecule has 0 aromatic carbocycles. The number of hydrogen-bond acceptors (Lipinski definition) is 0. The first-order chi connectivity index (χ1) is 3.68. The SMILES string of the molecule is [CH2-]CC(F)(C[CH2-])CC.[U+2]. The first-order valence-electron chi connectivity index (χ1n) is 2.96. The Morgan fingerprint density at radius 1 is 1.33 bits per heavy atom. The van der Waals surface area contributed by atoms with E-state index < -0.39 is 5.67 Å². The molecule has 0 fully saturated rings. The molecule has 0 amide bonds. The van der Waals surface area contributed by atoms with E-state index in [4.69, 9.17) is 0 Å². The first-order valence-corrected chi connectivity index (χ1v) is 2.96. The maximum Gasteiger partial charge on any atom is 2.00 e. The van der Waals surface area contributed by atoms with E-state index in [0.29, 0.717) is 19.3 Å². The van der Waals surface area contributed by atoms with E-state index in [1.165, 1.54) is 0 Å². The van der Waals surface area contributed by atoms with Crippen molar-refractivity contribution in [3.8, 4) is 0 Å². The van der Waals surface area contributed by atoms with Crippen molar-refractivity contribution < 1.29 is 35.5 Å². The summed E-state index contributed by atoms with van der Waals surface area (Å²) >= 11 is 0. The second-order valence-electron chi connectivity index (χ2n) is 2.00. The minimum absolute atomic E-state index is 0. The quantitative estimate of drug-likeness (QED) is 0.684. The summed E-state index contributed by atoms with van der Waals surface area (Å²) in [5.74, 6) is 0. The Balaban J connectivity index is 0. The molecule has 0 N–H and O–H groups in total. The average Bonchev–Trinajstić information content (AvgIpc) is 1.87. The summed E-state index contributed by atoms with van der Waals surface area (Å²) in [5, 5.41) is 0. The smallest absolute Gasteiger partial charge is 0.340 e. The molecule has 0 spiro atoms. The molecule has 0 aliphatic carbocycles. The van der Waals surface area contributed by atoms with Gasteiger partial charge in [-0.1, -0.05) is 6.92 Å². The van der Waals surface area contributed by atoms with Gasteiger partial charge in [0, 0.05) is 0 Å². The molecule has 2 heteroatoms. The fraction of sp³-hybridized carbons (Fsp3) is 0.714. The van der Waals surface area contributed by atoms with Gasteiger partial charge < -0.3 is 13.8 Å². The minimum Gasteiger partial charge on any atom is -0.340 e. The van der Waals surface area contributed by atoms with Crippen molar-refractivity contribution in [2.24, 2.45) is 0 Å². The van der Waals surface area contributed by atoms with E-state index in [0.717, 1.165) is 0 Å². The molecule has 0 aromatic rings. The summed E-state index contributed by atoms with van der Waals surface area (Å²) in [4.78, 5) is 0. The van der Waals surface area contributed by atoms with Crippen molar-refractivity contribution >= 4 is 0 Å². The van der Waals surface area contributed by atoms with Crippen LogP contribution < -0.4 is 0 Å². The van der Waals surface area contributed by atoms with Crippen LogP contribution in [0.1, 0.15) is 26.2 Å². The number of alkyl halides is 1.